The van der Waals surface area contributed by atoms with Crippen LogP contribution in [0.2, 0.25) is 5.02 Å². The second-order valence-corrected chi connectivity index (χ2v) is 5.67. The third kappa shape index (κ3) is 3.48. The standard InChI is InChI=1S/C18H17ClN2O2/c1-20-10-11-21(18(20)22)15-7-8-16(19)17(13-15)23-12-9-14-5-3-2-4-6-14/h2-8,10-11,13H,9,12H2,1H3. The number of nitrogens with zero attached hydrogens (tertiary/aromatic N) is 2. The maximum absolute atomic E-state index is 12.0. The van der Waals surface area contributed by atoms with Gasteiger partial charge in [-0.1, -0.05) is 41.9 Å². The molecule has 0 spiro atoms. The van der Waals surface area contributed by atoms with Gasteiger partial charge in [0.05, 0.1) is 17.3 Å². The Kier molecular flexibility index (Phi) is 4.53. The van der Waals surface area contributed by atoms with Gasteiger partial charge in [-0.3, -0.25) is 4.57 Å². The van der Waals surface area contributed by atoms with Crippen LogP contribution in [0.3, 0.4) is 0 Å². The lowest BCUT2D eigenvalue weighted by Crippen LogP contribution is -2.20. The molecule has 0 atom stereocenters. The largest absolute Gasteiger partial charge is 0.492 e. The number of ether oxygens (including phenoxy) is 1. The quantitative estimate of drug-likeness (QED) is 0.719. The molecule has 0 aliphatic carbocycles. The molecular formula is C18H17ClN2O2. The van der Waals surface area contributed by atoms with Gasteiger partial charge in [0, 0.05) is 31.9 Å². The molecule has 0 aliphatic heterocycles. The Labute approximate surface area is 139 Å². The molecule has 0 fully saturated rings. The minimum atomic E-state index is -0.109. The maximum Gasteiger partial charge on any atom is 0.332 e. The first-order chi connectivity index (χ1) is 11.1. The van der Waals surface area contributed by atoms with E-state index in [0.29, 0.717) is 17.4 Å². The van der Waals surface area contributed by atoms with Gasteiger partial charge in [-0.15, -0.1) is 0 Å². The Balaban J connectivity index is 1.76. The second-order valence-electron chi connectivity index (χ2n) is 5.26. The average molecular weight is 329 g/mol. The van der Waals surface area contributed by atoms with Gasteiger partial charge in [0.2, 0.25) is 0 Å². The van der Waals surface area contributed by atoms with E-state index >= 15 is 0 Å². The van der Waals surface area contributed by atoms with E-state index in [1.807, 2.05) is 18.2 Å². The molecule has 0 bridgehead atoms. The van der Waals surface area contributed by atoms with E-state index in [9.17, 15) is 4.79 Å². The highest BCUT2D eigenvalue weighted by Gasteiger charge is 2.08. The number of aromatic nitrogens is 2. The predicted molar refractivity (Wildman–Crippen MR) is 91.7 cm³/mol. The molecule has 3 aromatic rings. The molecular weight excluding hydrogens is 312 g/mol. The lowest BCUT2D eigenvalue weighted by molar-refractivity contribution is 0.322. The van der Waals surface area contributed by atoms with Crippen LogP contribution in [0.15, 0.2) is 65.7 Å². The van der Waals surface area contributed by atoms with E-state index in [-0.39, 0.29) is 5.69 Å². The van der Waals surface area contributed by atoms with Crippen LogP contribution in [0, 0.1) is 0 Å². The Morgan fingerprint density at radius 2 is 1.87 bits per heavy atom. The van der Waals surface area contributed by atoms with Crippen LogP contribution < -0.4 is 10.4 Å². The number of hydrogen-bond acceptors (Lipinski definition) is 2. The van der Waals surface area contributed by atoms with Crippen LogP contribution in [-0.4, -0.2) is 15.7 Å². The van der Waals surface area contributed by atoms with Gasteiger partial charge in [-0.25, -0.2) is 4.79 Å². The molecule has 1 aromatic heterocycles. The van der Waals surface area contributed by atoms with Crippen LogP contribution in [0.25, 0.3) is 5.69 Å². The van der Waals surface area contributed by atoms with Crippen molar-refractivity contribution in [2.45, 2.75) is 6.42 Å². The van der Waals surface area contributed by atoms with Crippen molar-refractivity contribution in [2.75, 3.05) is 6.61 Å². The van der Waals surface area contributed by atoms with E-state index in [1.54, 1.807) is 42.2 Å². The summed E-state index contributed by atoms with van der Waals surface area (Å²) in [5.41, 5.74) is 1.83. The molecule has 0 saturated heterocycles. The number of imidazole rings is 1. The number of hydrogen-bond donors (Lipinski definition) is 0. The number of halogens is 1. The van der Waals surface area contributed by atoms with Gasteiger partial charge in [-0.2, -0.15) is 0 Å². The number of benzene rings is 2. The molecule has 0 saturated carbocycles. The summed E-state index contributed by atoms with van der Waals surface area (Å²) in [6.07, 6.45) is 4.23. The monoisotopic (exact) mass is 328 g/mol. The van der Waals surface area contributed by atoms with Crippen molar-refractivity contribution in [3.8, 4) is 11.4 Å². The van der Waals surface area contributed by atoms with Gasteiger partial charge < -0.3 is 9.30 Å². The minimum Gasteiger partial charge on any atom is -0.492 e. The summed E-state index contributed by atoms with van der Waals surface area (Å²) in [6.45, 7) is 0.525. The molecule has 2 aromatic carbocycles. The lowest BCUT2D eigenvalue weighted by Gasteiger charge is -2.10. The van der Waals surface area contributed by atoms with Crippen LogP contribution in [-0.2, 0) is 13.5 Å². The topological polar surface area (TPSA) is 36.2 Å². The molecule has 4 nitrogen and oxygen atoms in total. The minimum absolute atomic E-state index is 0.109. The summed E-state index contributed by atoms with van der Waals surface area (Å²) in [5.74, 6) is 0.579. The first kappa shape index (κ1) is 15.4. The summed E-state index contributed by atoms with van der Waals surface area (Å²) in [4.78, 5) is 12.0. The Morgan fingerprint density at radius 3 is 2.57 bits per heavy atom. The molecule has 0 aliphatic rings. The lowest BCUT2D eigenvalue weighted by atomic mass is 10.2. The highest BCUT2D eigenvalue weighted by atomic mass is 35.5. The first-order valence-electron chi connectivity index (χ1n) is 7.36. The van der Waals surface area contributed by atoms with Crippen LogP contribution in [0.1, 0.15) is 5.56 Å². The Morgan fingerprint density at radius 1 is 1.09 bits per heavy atom. The number of aryl methyl sites for hydroxylation is 1. The fourth-order valence-electron chi connectivity index (χ4n) is 2.34. The van der Waals surface area contributed by atoms with E-state index in [4.69, 9.17) is 16.3 Å². The van der Waals surface area contributed by atoms with E-state index < -0.39 is 0 Å². The highest BCUT2D eigenvalue weighted by Crippen LogP contribution is 2.27. The Bertz CT molecular complexity index is 853. The van der Waals surface area contributed by atoms with Gasteiger partial charge in [0.15, 0.2) is 0 Å². The normalized spacial score (nSPS) is 10.7. The van der Waals surface area contributed by atoms with Gasteiger partial charge in [-0.05, 0) is 17.7 Å². The van der Waals surface area contributed by atoms with Gasteiger partial charge in [0.1, 0.15) is 5.75 Å². The van der Waals surface area contributed by atoms with Crippen molar-refractivity contribution in [1.82, 2.24) is 9.13 Å². The van der Waals surface area contributed by atoms with Gasteiger partial charge in [0.25, 0.3) is 0 Å². The summed E-state index contributed by atoms with van der Waals surface area (Å²) < 4.78 is 8.87. The average Bonchev–Trinajstić information content (AvgIpc) is 2.90. The van der Waals surface area contributed by atoms with Crippen molar-refractivity contribution in [2.24, 2.45) is 7.05 Å². The summed E-state index contributed by atoms with van der Waals surface area (Å²) in [5, 5.41) is 0.533. The Hall–Kier alpha value is -2.46. The van der Waals surface area contributed by atoms with Crippen LogP contribution >= 0.6 is 11.6 Å². The summed E-state index contributed by atoms with van der Waals surface area (Å²) >= 11 is 6.19. The fourth-order valence-corrected chi connectivity index (χ4v) is 2.51. The molecule has 3 rings (SSSR count). The zero-order chi connectivity index (χ0) is 16.2. The molecule has 0 radical (unpaired) electrons. The molecule has 23 heavy (non-hydrogen) atoms. The van der Waals surface area contributed by atoms with E-state index in [0.717, 1.165) is 12.1 Å². The van der Waals surface area contributed by atoms with Crippen molar-refractivity contribution in [3.63, 3.8) is 0 Å². The van der Waals surface area contributed by atoms with E-state index in [1.165, 1.54) is 10.1 Å². The highest BCUT2D eigenvalue weighted by molar-refractivity contribution is 6.32. The summed E-state index contributed by atoms with van der Waals surface area (Å²) in [7, 11) is 1.71. The maximum atomic E-state index is 12.0. The third-order valence-corrected chi connectivity index (χ3v) is 3.94. The molecule has 0 unspecified atom stereocenters. The van der Waals surface area contributed by atoms with Crippen molar-refractivity contribution in [3.05, 3.63) is 82.0 Å². The zero-order valence-electron chi connectivity index (χ0n) is 12.8. The molecule has 0 amide bonds. The molecule has 118 valence electrons. The first-order valence-corrected chi connectivity index (χ1v) is 7.73. The second kappa shape index (κ2) is 6.75. The van der Waals surface area contributed by atoms with Crippen LogP contribution in [0.5, 0.6) is 5.75 Å². The van der Waals surface area contributed by atoms with Crippen molar-refractivity contribution >= 4 is 11.6 Å². The van der Waals surface area contributed by atoms with Crippen LogP contribution in [0.4, 0.5) is 0 Å². The molecule has 0 N–H and O–H groups in total. The van der Waals surface area contributed by atoms with Crippen molar-refractivity contribution in [1.29, 1.82) is 0 Å². The molecule has 5 heteroatoms. The smallest absolute Gasteiger partial charge is 0.332 e. The zero-order valence-corrected chi connectivity index (χ0v) is 13.5. The predicted octanol–water partition coefficient (Wildman–Crippen LogP) is 3.45. The van der Waals surface area contributed by atoms with Crippen molar-refractivity contribution < 1.29 is 4.74 Å². The SMILES string of the molecule is Cn1ccn(-c2ccc(Cl)c(OCCc3ccccc3)c2)c1=O. The molecule has 1 heterocycles. The fraction of sp³-hybridized carbons (Fsp3) is 0.167. The summed E-state index contributed by atoms with van der Waals surface area (Å²) in [6, 6.07) is 15.4. The third-order valence-electron chi connectivity index (χ3n) is 3.63. The van der Waals surface area contributed by atoms with E-state index in [2.05, 4.69) is 12.1 Å². The number of rotatable bonds is 5. The van der Waals surface area contributed by atoms with Gasteiger partial charge >= 0.3 is 5.69 Å².